The lowest BCUT2D eigenvalue weighted by molar-refractivity contribution is 0.388. The van der Waals surface area contributed by atoms with Crippen molar-refractivity contribution < 1.29 is 8.42 Å². The van der Waals surface area contributed by atoms with Crippen LogP contribution in [0.2, 0.25) is 0 Å². The Hall–Kier alpha value is -1.53. The van der Waals surface area contributed by atoms with Gasteiger partial charge in [0.15, 0.2) is 0 Å². The van der Waals surface area contributed by atoms with Crippen LogP contribution in [0.3, 0.4) is 0 Å². The van der Waals surface area contributed by atoms with Crippen molar-refractivity contribution in [1.29, 1.82) is 0 Å². The molecule has 0 aliphatic carbocycles. The average molecular weight is 321 g/mol. The maximum Gasteiger partial charge on any atom is 0.211 e. The molecule has 0 saturated carbocycles. The summed E-state index contributed by atoms with van der Waals surface area (Å²) in [7, 11) is -3.08. The van der Waals surface area contributed by atoms with Gasteiger partial charge in [0.1, 0.15) is 0 Å². The van der Waals surface area contributed by atoms with Crippen LogP contribution in [0.5, 0.6) is 0 Å². The van der Waals surface area contributed by atoms with Gasteiger partial charge in [-0.3, -0.25) is 0 Å². The first-order valence-corrected chi connectivity index (χ1v) is 9.52. The Bertz CT molecular complexity index is 772. The fourth-order valence-electron chi connectivity index (χ4n) is 3.02. The van der Waals surface area contributed by atoms with Gasteiger partial charge in [0.05, 0.1) is 6.26 Å². The summed E-state index contributed by atoms with van der Waals surface area (Å²) in [5, 5.41) is 1.21. The Morgan fingerprint density at radius 3 is 2.41 bits per heavy atom. The molecule has 22 heavy (non-hydrogen) atoms. The molecule has 1 aromatic heterocycles. The SMILES string of the molecule is CC(C)c1cc(N2CCN(S(C)(=O)=O)CC2)c2cc[nH]c2c1. The number of piperazine rings is 1. The Kier molecular flexibility index (Phi) is 3.91. The molecule has 0 spiro atoms. The van der Waals surface area contributed by atoms with Gasteiger partial charge in [0.25, 0.3) is 0 Å². The van der Waals surface area contributed by atoms with Crippen molar-refractivity contribution in [3.8, 4) is 0 Å². The van der Waals surface area contributed by atoms with E-state index in [0.29, 0.717) is 19.0 Å². The van der Waals surface area contributed by atoms with E-state index in [-0.39, 0.29) is 0 Å². The number of hydrogen-bond donors (Lipinski definition) is 1. The minimum atomic E-state index is -3.08. The molecule has 0 unspecified atom stereocenters. The van der Waals surface area contributed by atoms with Crippen molar-refractivity contribution in [1.82, 2.24) is 9.29 Å². The number of aromatic amines is 1. The van der Waals surface area contributed by atoms with E-state index in [9.17, 15) is 8.42 Å². The second-order valence-corrected chi connectivity index (χ2v) is 8.27. The van der Waals surface area contributed by atoms with Gasteiger partial charge in [-0.25, -0.2) is 8.42 Å². The van der Waals surface area contributed by atoms with Crippen LogP contribution in [0, 0.1) is 0 Å². The first-order valence-electron chi connectivity index (χ1n) is 7.67. The maximum atomic E-state index is 11.6. The number of sulfonamides is 1. The van der Waals surface area contributed by atoms with Crippen LogP contribution in [-0.4, -0.2) is 50.1 Å². The van der Waals surface area contributed by atoms with Crippen LogP contribution in [0.25, 0.3) is 10.9 Å². The largest absolute Gasteiger partial charge is 0.368 e. The van der Waals surface area contributed by atoms with Crippen LogP contribution in [-0.2, 0) is 10.0 Å². The molecular weight excluding hydrogens is 298 g/mol. The van der Waals surface area contributed by atoms with E-state index in [1.54, 1.807) is 4.31 Å². The molecule has 2 heterocycles. The summed E-state index contributed by atoms with van der Waals surface area (Å²) >= 11 is 0. The zero-order valence-electron chi connectivity index (χ0n) is 13.3. The second kappa shape index (κ2) is 5.59. The Morgan fingerprint density at radius 2 is 1.82 bits per heavy atom. The summed E-state index contributed by atoms with van der Waals surface area (Å²) in [5.74, 6) is 0.462. The highest BCUT2D eigenvalue weighted by atomic mass is 32.2. The molecule has 5 nitrogen and oxygen atoms in total. The van der Waals surface area contributed by atoms with Crippen LogP contribution in [0.1, 0.15) is 25.3 Å². The van der Waals surface area contributed by atoms with Crippen molar-refractivity contribution in [2.24, 2.45) is 0 Å². The molecule has 0 amide bonds. The van der Waals surface area contributed by atoms with E-state index < -0.39 is 10.0 Å². The highest BCUT2D eigenvalue weighted by Gasteiger charge is 2.24. The number of aromatic nitrogens is 1. The lowest BCUT2D eigenvalue weighted by atomic mass is 10.00. The molecule has 1 aliphatic rings. The third kappa shape index (κ3) is 2.85. The smallest absolute Gasteiger partial charge is 0.211 e. The summed E-state index contributed by atoms with van der Waals surface area (Å²) in [4.78, 5) is 5.59. The van der Waals surface area contributed by atoms with Crippen LogP contribution in [0.15, 0.2) is 24.4 Å². The zero-order valence-corrected chi connectivity index (χ0v) is 14.2. The number of fused-ring (bicyclic) bond motifs is 1. The molecule has 0 bridgehead atoms. The van der Waals surface area contributed by atoms with Gasteiger partial charge >= 0.3 is 0 Å². The average Bonchev–Trinajstić information content (AvgIpc) is 2.93. The summed E-state index contributed by atoms with van der Waals surface area (Å²) in [6.07, 6.45) is 3.25. The minimum absolute atomic E-state index is 0.462. The topological polar surface area (TPSA) is 56.4 Å². The molecule has 0 radical (unpaired) electrons. The summed E-state index contributed by atoms with van der Waals surface area (Å²) < 4.78 is 24.9. The number of hydrogen-bond acceptors (Lipinski definition) is 3. The van der Waals surface area contributed by atoms with Crippen molar-refractivity contribution >= 4 is 26.6 Å². The predicted octanol–water partition coefficient (Wildman–Crippen LogP) is 2.37. The van der Waals surface area contributed by atoms with Crippen LogP contribution >= 0.6 is 0 Å². The van der Waals surface area contributed by atoms with Gasteiger partial charge in [-0.2, -0.15) is 4.31 Å². The highest BCUT2D eigenvalue weighted by Crippen LogP contribution is 2.31. The van der Waals surface area contributed by atoms with E-state index >= 15 is 0 Å². The number of benzene rings is 1. The first kappa shape index (κ1) is 15.4. The fraction of sp³-hybridized carbons (Fsp3) is 0.500. The van der Waals surface area contributed by atoms with Crippen molar-refractivity contribution in [3.63, 3.8) is 0 Å². The number of nitrogens with one attached hydrogen (secondary N) is 1. The number of H-pyrrole nitrogens is 1. The van der Waals surface area contributed by atoms with Crippen LogP contribution < -0.4 is 4.90 Å². The summed E-state index contributed by atoms with van der Waals surface area (Å²) in [6, 6.07) is 6.55. The Morgan fingerprint density at radius 1 is 1.14 bits per heavy atom. The molecule has 1 aliphatic heterocycles. The molecule has 2 aromatic rings. The predicted molar refractivity (Wildman–Crippen MR) is 91.0 cm³/mol. The van der Waals surface area contributed by atoms with Crippen molar-refractivity contribution in [2.45, 2.75) is 19.8 Å². The Labute approximate surface area is 132 Å². The summed E-state index contributed by atoms with van der Waals surface area (Å²) in [5.41, 5.74) is 3.65. The quantitative estimate of drug-likeness (QED) is 0.944. The van der Waals surface area contributed by atoms with E-state index in [2.05, 4.69) is 41.9 Å². The highest BCUT2D eigenvalue weighted by molar-refractivity contribution is 7.88. The van der Waals surface area contributed by atoms with Gasteiger partial charge in [-0.1, -0.05) is 13.8 Å². The van der Waals surface area contributed by atoms with Gasteiger partial charge in [0.2, 0.25) is 10.0 Å². The van der Waals surface area contributed by atoms with E-state index in [1.165, 1.54) is 22.9 Å². The van der Waals surface area contributed by atoms with Gasteiger partial charge < -0.3 is 9.88 Å². The molecule has 1 aromatic carbocycles. The molecule has 1 saturated heterocycles. The molecule has 0 atom stereocenters. The fourth-order valence-corrected chi connectivity index (χ4v) is 3.85. The van der Waals surface area contributed by atoms with E-state index in [4.69, 9.17) is 0 Å². The molecule has 1 N–H and O–H groups in total. The zero-order chi connectivity index (χ0) is 15.9. The minimum Gasteiger partial charge on any atom is -0.368 e. The van der Waals surface area contributed by atoms with Crippen molar-refractivity contribution in [2.75, 3.05) is 37.3 Å². The molecule has 6 heteroatoms. The monoisotopic (exact) mass is 321 g/mol. The maximum absolute atomic E-state index is 11.6. The standard InChI is InChI=1S/C16H23N3O2S/c1-12(2)13-10-15-14(4-5-17-15)16(11-13)18-6-8-19(9-7-18)22(3,20)21/h4-5,10-12,17H,6-9H2,1-3H3. The first-order chi connectivity index (χ1) is 10.4. The van der Waals surface area contributed by atoms with Gasteiger partial charge in [-0.15, -0.1) is 0 Å². The number of rotatable bonds is 3. The van der Waals surface area contributed by atoms with Gasteiger partial charge in [-0.05, 0) is 29.7 Å². The third-order valence-electron chi connectivity index (χ3n) is 4.38. The lowest BCUT2D eigenvalue weighted by Crippen LogP contribution is -2.48. The van der Waals surface area contributed by atoms with Crippen molar-refractivity contribution in [3.05, 3.63) is 30.0 Å². The Balaban J connectivity index is 1.92. The van der Waals surface area contributed by atoms with E-state index in [0.717, 1.165) is 18.6 Å². The molecule has 120 valence electrons. The lowest BCUT2D eigenvalue weighted by Gasteiger charge is -2.35. The van der Waals surface area contributed by atoms with Crippen LogP contribution in [0.4, 0.5) is 5.69 Å². The van der Waals surface area contributed by atoms with E-state index in [1.807, 2.05) is 6.20 Å². The summed E-state index contributed by atoms with van der Waals surface area (Å²) in [6.45, 7) is 6.95. The van der Waals surface area contributed by atoms with Gasteiger partial charge in [0, 0.05) is 49.0 Å². The third-order valence-corrected chi connectivity index (χ3v) is 5.69. The molecular formula is C16H23N3O2S. The number of nitrogens with zero attached hydrogens (tertiary/aromatic N) is 2. The molecule has 1 fully saturated rings. The molecule has 3 rings (SSSR count). The second-order valence-electron chi connectivity index (χ2n) is 6.28. The normalized spacial score (nSPS) is 17.5. The number of anilines is 1.